The first-order valence-electron chi connectivity index (χ1n) is 8.86. The van der Waals surface area contributed by atoms with Gasteiger partial charge in [-0.3, -0.25) is 0 Å². The number of hydrogen-bond donors (Lipinski definition) is 2. The van der Waals surface area contributed by atoms with E-state index in [1.54, 1.807) is 0 Å². The van der Waals surface area contributed by atoms with Crippen LogP contribution in [-0.2, 0) is 11.3 Å². The van der Waals surface area contributed by atoms with Gasteiger partial charge in [-0.25, -0.2) is 4.79 Å². The summed E-state index contributed by atoms with van der Waals surface area (Å²) < 4.78 is 5.47. The average Bonchev–Trinajstić information content (AvgIpc) is 2.64. The van der Waals surface area contributed by atoms with Gasteiger partial charge in [-0.1, -0.05) is 42.5 Å². The molecular weight excluding hydrogens is 300 g/mol. The fourth-order valence-corrected chi connectivity index (χ4v) is 4.13. The van der Waals surface area contributed by atoms with Crippen molar-refractivity contribution in [3.05, 3.63) is 48.0 Å². The molecule has 2 aliphatic rings. The van der Waals surface area contributed by atoms with Crippen LogP contribution in [0.1, 0.15) is 31.2 Å². The maximum atomic E-state index is 12.3. The van der Waals surface area contributed by atoms with Crippen LogP contribution in [0.5, 0.6) is 0 Å². The topological polar surface area (TPSA) is 50.4 Å². The minimum atomic E-state index is -0.0569. The van der Waals surface area contributed by atoms with Crippen molar-refractivity contribution in [2.45, 2.75) is 38.3 Å². The average molecular weight is 324 g/mol. The van der Waals surface area contributed by atoms with Crippen LogP contribution in [0.15, 0.2) is 42.5 Å². The number of urea groups is 1. The molecule has 0 bridgehead atoms. The first-order valence-corrected chi connectivity index (χ1v) is 8.86. The Balaban J connectivity index is 1.36. The van der Waals surface area contributed by atoms with Gasteiger partial charge in [0.25, 0.3) is 0 Å². The number of nitrogens with one attached hydrogen (secondary N) is 2. The van der Waals surface area contributed by atoms with Gasteiger partial charge in [-0.05, 0) is 47.4 Å². The van der Waals surface area contributed by atoms with Gasteiger partial charge in [0.15, 0.2) is 0 Å². The second kappa shape index (κ2) is 6.44. The van der Waals surface area contributed by atoms with Gasteiger partial charge in [0, 0.05) is 25.8 Å². The summed E-state index contributed by atoms with van der Waals surface area (Å²) in [6, 6.07) is 14.7. The number of fused-ring (bicyclic) bond motifs is 1. The molecule has 0 radical (unpaired) electrons. The van der Waals surface area contributed by atoms with Gasteiger partial charge >= 0.3 is 6.03 Å². The van der Waals surface area contributed by atoms with Gasteiger partial charge in [0.05, 0.1) is 0 Å². The van der Waals surface area contributed by atoms with Gasteiger partial charge < -0.3 is 15.4 Å². The molecule has 1 saturated carbocycles. The molecule has 126 valence electrons. The zero-order valence-electron chi connectivity index (χ0n) is 13.9. The summed E-state index contributed by atoms with van der Waals surface area (Å²) in [5.41, 5.74) is 1.44. The van der Waals surface area contributed by atoms with Crippen molar-refractivity contribution in [1.29, 1.82) is 0 Å². The molecule has 2 aromatic carbocycles. The Bertz CT molecular complexity index is 732. The number of ether oxygens (including phenoxy) is 1. The van der Waals surface area contributed by atoms with Crippen molar-refractivity contribution in [3.8, 4) is 0 Å². The molecule has 2 N–H and O–H groups in total. The maximum Gasteiger partial charge on any atom is 0.315 e. The molecule has 1 heterocycles. The van der Waals surface area contributed by atoms with Crippen LogP contribution in [0.25, 0.3) is 10.8 Å². The molecule has 1 aliphatic carbocycles. The van der Waals surface area contributed by atoms with Crippen molar-refractivity contribution in [1.82, 2.24) is 10.6 Å². The van der Waals surface area contributed by atoms with Gasteiger partial charge in [-0.15, -0.1) is 0 Å². The third kappa shape index (κ3) is 2.86. The van der Waals surface area contributed by atoms with Crippen LogP contribution in [-0.4, -0.2) is 25.3 Å². The molecule has 2 aromatic rings. The van der Waals surface area contributed by atoms with Crippen molar-refractivity contribution >= 4 is 16.8 Å². The maximum absolute atomic E-state index is 12.3. The van der Waals surface area contributed by atoms with Crippen molar-refractivity contribution in [3.63, 3.8) is 0 Å². The smallest absolute Gasteiger partial charge is 0.315 e. The second-order valence-corrected chi connectivity index (χ2v) is 7.03. The first kappa shape index (κ1) is 15.5. The monoisotopic (exact) mass is 324 g/mol. The Kier molecular flexibility index (Phi) is 4.15. The molecule has 1 atom stereocenters. The number of benzene rings is 2. The van der Waals surface area contributed by atoms with Crippen molar-refractivity contribution in [2.75, 3.05) is 13.2 Å². The zero-order valence-corrected chi connectivity index (χ0v) is 13.9. The number of hydrogen-bond acceptors (Lipinski definition) is 2. The highest BCUT2D eigenvalue weighted by atomic mass is 16.5. The molecule has 4 heteroatoms. The Hall–Kier alpha value is -2.07. The molecule has 1 unspecified atom stereocenters. The highest BCUT2D eigenvalue weighted by Gasteiger charge is 2.47. The van der Waals surface area contributed by atoms with Crippen LogP contribution in [0.3, 0.4) is 0 Å². The molecule has 1 saturated heterocycles. The van der Waals surface area contributed by atoms with E-state index in [0.717, 1.165) is 38.0 Å². The van der Waals surface area contributed by atoms with Crippen LogP contribution in [0.2, 0.25) is 0 Å². The van der Waals surface area contributed by atoms with Crippen LogP contribution < -0.4 is 10.6 Å². The summed E-state index contributed by atoms with van der Waals surface area (Å²) in [5.74, 6) is 0. The lowest BCUT2D eigenvalue weighted by Crippen LogP contribution is -2.58. The molecule has 1 spiro atoms. The van der Waals surface area contributed by atoms with E-state index < -0.39 is 0 Å². The van der Waals surface area contributed by atoms with Gasteiger partial charge in [0.2, 0.25) is 0 Å². The Morgan fingerprint density at radius 1 is 1.08 bits per heavy atom. The van der Waals surface area contributed by atoms with Crippen molar-refractivity contribution in [2.24, 2.45) is 5.41 Å². The third-order valence-electron chi connectivity index (χ3n) is 5.78. The van der Waals surface area contributed by atoms with E-state index in [9.17, 15) is 4.79 Å². The second-order valence-electron chi connectivity index (χ2n) is 7.03. The Labute approximate surface area is 142 Å². The van der Waals surface area contributed by atoms with E-state index >= 15 is 0 Å². The van der Waals surface area contributed by atoms with E-state index in [-0.39, 0.29) is 11.4 Å². The van der Waals surface area contributed by atoms with E-state index in [2.05, 4.69) is 34.9 Å². The molecule has 2 fully saturated rings. The predicted molar refractivity (Wildman–Crippen MR) is 94.8 cm³/mol. The Morgan fingerprint density at radius 3 is 2.67 bits per heavy atom. The van der Waals surface area contributed by atoms with Crippen molar-refractivity contribution < 1.29 is 9.53 Å². The number of rotatable bonds is 3. The summed E-state index contributed by atoms with van der Waals surface area (Å²) in [6.45, 7) is 2.21. The fourth-order valence-electron chi connectivity index (χ4n) is 4.13. The highest BCUT2D eigenvalue weighted by molar-refractivity contribution is 5.86. The van der Waals surface area contributed by atoms with E-state index in [1.165, 1.54) is 17.2 Å². The summed E-state index contributed by atoms with van der Waals surface area (Å²) in [6.07, 6.45) is 4.44. The SMILES string of the molecule is O=C(NCc1cccc2ccccc12)NC1CCC12CCOCC2. The number of amides is 2. The standard InChI is InChI=1S/C20H24N2O2/c23-19(22-18-8-9-20(18)10-12-24-13-11-20)21-14-16-6-3-5-15-4-1-2-7-17(15)16/h1-7,18H,8-14H2,(H2,21,22,23). The highest BCUT2D eigenvalue weighted by Crippen LogP contribution is 2.48. The summed E-state index contributed by atoms with van der Waals surface area (Å²) in [4.78, 5) is 12.3. The molecule has 1 aliphatic heterocycles. The minimum absolute atomic E-state index is 0.0569. The van der Waals surface area contributed by atoms with E-state index in [1.807, 2.05) is 18.2 Å². The van der Waals surface area contributed by atoms with Gasteiger partial charge in [-0.2, -0.15) is 0 Å². The summed E-state index contributed by atoms with van der Waals surface area (Å²) >= 11 is 0. The van der Waals surface area contributed by atoms with Crippen LogP contribution in [0, 0.1) is 5.41 Å². The quantitative estimate of drug-likeness (QED) is 0.906. The zero-order chi connectivity index (χ0) is 16.4. The van der Waals surface area contributed by atoms with Gasteiger partial charge in [0.1, 0.15) is 0 Å². The first-order chi connectivity index (χ1) is 11.8. The summed E-state index contributed by atoms with van der Waals surface area (Å²) in [7, 11) is 0. The minimum Gasteiger partial charge on any atom is -0.381 e. The number of carbonyl (C=O) groups is 1. The lowest BCUT2D eigenvalue weighted by Gasteiger charge is -2.51. The fraction of sp³-hybridized carbons (Fsp3) is 0.450. The molecular formula is C20H24N2O2. The third-order valence-corrected chi connectivity index (χ3v) is 5.78. The number of carbonyl (C=O) groups excluding carboxylic acids is 1. The largest absolute Gasteiger partial charge is 0.381 e. The molecule has 24 heavy (non-hydrogen) atoms. The normalized spacial score (nSPS) is 22.1. The lowest BCUT2D eigenvalue weighted by molar-refractivity contribution is -0.0511. The van der Waals surface area contributed by atoms with E-state index in [4.69, 9.17) is 4.74 Å². The molecule has 4 nitrogen and oxygen atoms in total. The molecule has 0 aromatic heterocycles. The lowest BCUT2D eigenvalue weighted by atomic mass is 9.60. The molecule has 2 amide bonds. The van der Waals surface area contributed by atoms with Crippen LogP contribution in [0.4, 0.5) is 4.79 Å². The van der Waals surface area contributed by atoms with Crippen LogP contribution >= 0.6 is 0 Å². The Morgan fingerprint density at radius 2 is 1.88 bits per heavy atom. The predicted octanol–water partition coefficient (Wildman–Crippen LogP) is 3.60. The summed E-state index contributed by atoms with van der Waals surface area (Å²) in [5, 5.41) is 8.63. The van der Waals surface area contributed by atoms with E-state index in [0.29, 0.717) is 12.6 Å². The molecule has 4 rings (SSSR count).